The number of hydrogen-bond acceptors (Lipinski definition) is 10. The fraction of sp³-hybridized carbons (Fsp3) is 0.238. The third-order valence-corrected chi connectivity index (χ3v) is 5.03. The number of carboxylic acids is 1. The summed E-state index contributed by atoms with van der Waals surface area (Å²) in [5.41, 5.74) is -0.556. The van der Waals surface area contributed by atoms with Crippen LogP contribution in [0.15, 0.2) is 51.7 Å². The van der Waals surface area contributed by atoms with Gasteiger partial charge in [0.25, 0.3) is 0 Å². The molecule has 0 aliphatic carbocycles. The van der Waals surface area contributed by atoms with E-state index >= 15 is 0 Å². The van der Waals surface area contributed by atoms with E-state index in [9.17, 15) is 35.1 Å². The van der Waals surface area contributed by atoms with Gasteiger partial charge < -0.3 is 44.5 Å². The summed E-state index contributed by atoms with van der Waals surface area (Å²) in [7, 11) is 0. The Morgan fingerprint density at radius 2 is 1.66 bits per heavy atom. The number of benzene rings is 2. The number of rotatable bonds is 4. The van der Waals surface area contributed by atoms with Crippen molar-refractivity contribution in [3.63, 3.8) is 0 Å². The fourth-order valence-electron chi connectivity index (χ4n) is 3.39. The summed E-state index contributed by atoms with van der Waals surface area (Å²) in [6, 6.07) is 10.5. The lowest BCUT2D eigenvalue weighted by Crippen LogP contribution is -2.61. The number of ether oxygens (including phenoxy) is 2. The van der Waals surface area contributed by atoms with E-state index in [-0.39, 0.29) is 11.1 Å². The first kappa shape index (κ1) is 21.6. The van der Waals surface area contributed by atoms with Gasteiger partial charge in [-0.1, -0.05) is 30.3 Å². The number of carbonyl (C=O) groups is 1. The van der Waals surface area contributed by atoms with Gasteiger partial charge in [0, 0.05) is 17.7 Å². The summed E-state index contributed by atoms with van der Waals surface area (Å²) in [5.74, 6) is -3.42. The average molecular weight is 446 g/mol. The summed E-state index contributed by atoms with van der Waals surface area (Å²) in [6.07, 6.45) is -9.56. The number of aliphatic hydroxyl groups is 3. The van der Waals surface area contributed by atoms with Crippen LogP contribution in [0.4, 0.5) is 0 Å². The second kappa shape index (κ2) is 8.13. The smallest absolute Gasteiger partial charge is 0.335 e. The third-order valence-electron chi connectivity index (χ3n) is 5.03. The highest BCUT2D eigenvalue weighted by molar-refractivity contribution is 5.91. The Morgan fingerprint density at radius 1 is 0.969 bits per heavy atom. The normalized spacial score (nSPS) is 25.5. The lowest BCUT2D eigenvalue weighted by atomic mass is 9.99. The van der Waals surface area contributed by atoms with E-state index in [1.165, 1.54) is 0 Å². The molecule has 168 valence electrons. The Labute approximate surface area is 178 Å². The van der Waals surface area contributed by atoms with Gasteiger partial charge in [0.2, 0.25) is 12.0 Å². The molecule has 3 aromatic rings. The summed E-state index contributed by atoms with van der Waals surface area (Å²) >= 11 is 0. The number of fused-ring (bicyclic) bond motifs is 1. The zero-order chi connectivity index (χ0) is 23.2. The number of aromatic hydroxyl groups is 2. The zero-order valence-electron chi connectivity index (χ0n) is 16.2. The van der Waals surface area contributed by atoms with Gasteiger partial charge >= 0.3 is 5.97 Å². The highest BCUT2D eigenvalue weighted by Gasteiger charge is 2.48. The van der Waals surface area contributed by atoms with E-state index < -0.39 is 64.9 Å². The lowest BCUT2D eigenvalue weighted by molar-refractivity contribution is -0.271. The number of phenols is 2. The van der Waals surface area contributed by atoms with Gasteiger partial charge in [-0.3, -0.25) is 4.79 Å². The molecule has 0 spiro atoms. The Hall–Kier alpha value is -3.64. The molecule has 4 rings (SSSR count). The number of hydrogen-bond donors (Lipinski definition) is 6. The SMILES string of the molecule is O=C(O)[C@H]1O[C@@H](Oc2cc(O)c3c(=O)cc(-c4ccccc4)oc3c2O)[C@H](O)[C@@H](O)[C@@H]1O. The average Bonchev–Trinajstić information content (AvgIpc) is 2.77. The van der Waals surface area contributed by atoms with Crippen LogP contribution in [0.1, 0.15) is 0 Å². The van der Waals surface area contributed by atoms with Crippen LogP contribution in [0.2, 0.25) is 0 Å². The van der Waals surface area contributed by atoms with E-state index in [0.29, 0.717) is 5.56 Å². The number of carboxylic acid groups (broad SMARTS) is 1. The maximum atomic E-state index is 12.5. The zero-order valence-corrected chi connectivity index (χ0v) is 16.2. The Morgan fingerprint density at radius 3 is 2.31 bits per heavy atom. The maximum Gasteiger partial charge on any atom is 0.335 e. The standard InChI is InChI=1S/C21H18O11/c22-9-6-11(8-4-2-1-3-5-8)30-18-13(9)10(23)7-12(14(18)24)31-21-17(27)15(25)16(26)19(32-21)20(28)29/h1-7,15-17,19,21,23-27H,(H,28,29)/t15-,16-,17+,19-,21+/m0/s1. The Bertz CT molecular complexity index is 1220. The number of phenolic OH excluding ortho intramolecular Hbond substituents is 2. The van der Waals surface area contributed by atoms with Crippen molar-refractivity contribution in [1.82, 2.24) is 0 Å². The molecule has 0 unspecified atom stereocenters. The van der Waals surface area contributed by atoms with Gasteiger partial charge in [-0.25, -0.2) is 4.79 Å². The van der Waals surface area contributed by atoms with Crippen molar-refractivity contribution in [3.05, 3.63) is 52.7 Å². The highest BCUT2D eigenvalue weighted by Crippen LogP contribution is 2.41. The quantitative estimate of drug-likeness (QED) is 0.299. The van der Waals surface area contributed by atoms with Crippen LogP contribution in [0.25, 0.3) is 22.3 Å². The minimum atomic E-state index is -1.94. The molecule has 1 aliphatic rings. The first-order valence-electron chi connectivity index (χ1n) is 9.36. The molecular weight excluding hydrogens is 428 g/mol. The molecule has 5 atom stereocenters. The minimum Gasteiger partial charge on any atom is -0.507 e. The van der Waals surface area contributed by atoms with E-state index in [1.807, 2.05) is 0 Å². The van der Waals surface area contributed by atoms with Crippen LogP contribution in [-0.4, -0.2) is 67.3 Å². The van der Waals surface area contributed by atoms with Crippen molar-refractivity contribution >= 4 is 16.9 Å². The van der Waals surface area contributed by atoms with E-state index in [1.54, 1.807) is 30.3 Å². The van der Waals surface area contributed by atoms with Crippen molar-refractivity contribution in [2.75, 3.05) is 0 Å². The monoisotopic (exact) mass is 446 g/mol. The first-order valence-corrected chi connectivity index (χ1v) is 9.36. The van der Waals surface area contributed by atoms with Crippen LogP contribution in [0, 0.1) is 0 Å². The predicted molar refractivity (Wildman–Crippen MR) is 106 cm³/mol. The summed E-state index contributed by atoms with van der Waals surface area (Å²) < 4.78 is 15.9. The van der Waals surface area contributed by atoms with Gasteiger partial charge in [0.15, 0.2) is 22.9 Å². The van der Waals surface area contributed by atoms with Gasteiger partial charge in [0.1, 0.15) is 35.2 Å². The summed E-state index contributed by atoms with van der Waals surface area (Å²) in [5, 5.41) is 59.5. The van der Waals surface area contributed by atoms with E-state index in [2.05, 4.69) is 0 Å². The Balaban J connectivity index is 1.77. The molecule has 0 radical (unpaired) electrons. The minimum absolute atomic E-state index is 0.0911. The van der Waals surface area contributed by atoms with Crippen molar-refractivity contribution in [1.29, 1.82) is 0 Å². The van der Waals surface area contributed by atoms with Gasteiger partial charge in [-0.15, -0.1) is 0 Å². The third kappa shape index (κ3) is 3.63. The fourth-order valence-corrected chi connectivity index (χ4v) is 3.39. The van der Waals surface area contributed by atoms with Crippen molar-refractivity contribution in [2.45, 2.75) is 30.7 Å². The molecule has 1 aliphatic heterocycles. The summed E-state index contributed by atoms with van der Waals surface area (Å²) in [4.78, 5) is 23.8. The number of aliphatic carboxylic acids is 1. The molecule has 1 aromatic heterocycles. The van der Waals surface area contributed by atoms with Crippen LogP contribution in [0.5, 0.6) is 17.2 Å². The molecule has 0 saturated carbocycles. The molecule has 2 heterocycles. The first-order chi connectivity index (χ1) is 15.2. The molecular formula is C21H18O11. The largest absolute Gasteiger partial charge is 0.507 e. The predicted octanol–water partition coefficient (Wildman–Crippen LogP) is 0.142. The number of aliphatic hydroxyl groups excluding tert-OH is 3. The van der Waals surface area contributed by atoms with Crippen molar-refractivity contribution < 1.29 is 49.3 Å². The second-order valence-corrected chi connectivity index (χ2v) is 7.14. The second-order valence-electron chi connectivity index (χ2n) is 7.14. The highest BCUT2D eigenvalue weighted by atomic mass is 16.7. The molecule has 0 amide bonds. The maximum absolute atomic E-state index is 12.5. The molecule has 0 bridgehead atoms. The summed E-state index contributed by atoms with van der Waals surface area (Å²) in [6.45, 7) is 0. The molecule has 11 heteroatoms. The molecule has 32 heavy (non-hydrogen) atoms. The van der Waals surface area contributed by atoms with E-state index in [0.717, 1.165) is 12.1 Å². The van der Waals surface area contributed by atoms with Crippen LogP contribution >= 0.6 is 0 Å². The van der Waals surface area contributed by atoms with Crippen molar-refractivity contribution in [2.24, 2.45) is 0 Å². The van der Waals surface area contributed by atoms with Crippen molar-refractivity contribution in [3.8, 4) is 28.6 Å². The van der Waals surface area contributed by atoms with Crippen LogP contribution < -0.4 is 10.2 Å². The Kier molecular flexibility index (Phi) is 5.48. The topological polar surface area (TPSA) is 187 Å². The van der Waals surface area contributed by atoms with Gasteiger partial charge in [-0.2, -0.15) is 0 Å². The van der Waals surface area contributed by atoms with Crippen LogP contribution in [0.3, 0.4) is 0 Å². The lowest BCUT2D eigenvalue weighted by Gasteiger charge is -2.38. The van der Waals surface area contributed by atoms with Gasteiger partial charge in [-0.05, 0) is 0 Å². The van der Waals surface area contributed by atoms with E-state index in [4.69, 9.17) is 19.0 Å². The molecule has 1 fully saturated rings. The van der Waals surface area contributed by atoms with Crippen LogP contribution in [-0.2, 0) is 9.53 Å². The molecule has 11 nitrogen and oxygen atoms in total. The molecule has 6 N–H and O–H groups in total. The van der Waals surface area contributed by atoms with Gasteiger partial charge in [0.05, 0.1) is 0 Å². The molecule has 2 aromatic carbocycles. The molecule has 1 saturated heterocycles.